The van der Waals surface area contributed by atoms with Gasteiger partial charge in [-0.2, -0.15) is 0 Å². The maximum Gasteiger partial charge on any atom is 0.292 e. The van der Waals surface area contributed by atoms with Gasteiger partial charge in [-0.15, -0.1) is 0 Å². The highest BCUT2D eigenvalue weighted by molar-refractivity contribution is 9.09. The van der Waals surface area contributed by atoms with Gasteiger partial charge in [0.05, 0.1) is 0 Å². The molecule has 0 fully saturated rings. The van der Waals surface area contributed by atoms with Crippen LogP contribution in [0.3, 0.4) is 0 Å². The fourth-order valence-corrected chi connectivity index (χ4v) is 1.06. The number of hydrogen-bond donors (Lipinski definition) is 0. The van der Waals surface area contributed by atoms with E-state index in [1.54, 1.807) is 0 Å². The van der Waals surface area contributed by atoms with E-state index in [4.69, 9.17) is 4.65 Å². The molecule has 0 aromatic heterocycles. The lowest BCUT2D eigenvalue weighted by Gasteiger charge is -2.08. The topological polar surface area (TPSA) is 9.23 Å². The molecule has 0 heterocycles. The number of rotatable bonds is 6. The van der Waals surface area contributed by atoms with Crippen LogP contribution in [-0.4, -0.2) is 18.9 Å². The predicted octanol–water partition coefficient (Wildman–Crippen LogP) is 2.82. The van der Waals surface area contributed by atoms with Gasteiger partial charge in [-0.3, -0.25) is 0 Å². The molecule has 0 aromatic rings. The highest BCUT2D eigenvalue weighted by Crippen LogP contribution is 2.00. The molecule has 0 spiro atoms. The molecule has 0 saturated carbocycles. The van der Waals surface area contributed by atoms with Crippen molar-refractivity contribution in [2.24, 2.45) is 0 Å². The standard InChI is InChI=1S/C7H16BBrO/c1-3-8(4-2)10-7-5-6-9/h3-7H2,1-2H3. The molecule has 0 radical (unpaired) electrons. The lowest BCUT2D eigenvalue weighted by atomic mass is 9.63. The Bertz CT molecular complexity index is 66.6. The molecule has 0 aliphatic carbocycles. The first kappa shape index (κ1) is 10.5. The predicted molar refractivity (Wildman–Crippen MR) is 51.1 cm³/mol. The van der Waals surface area contributed by atoms with Crippen molar-refractivity contribution in [1.82, 2.24) is 0 Å². The molecular weight excluding hydrogens is 191 g/mol. The third-order valence-electron chi connectivity index (χ3n) is 1.54. The molecule has 3 heteroatoms. The normalized spacial score (nSPS) is 9.90. The van der Waals surface area contributed by atoms with E-state index < -0.39 is 0 Å². The van der Waals surface area contributed by atoms with E-state index in [1.807, 2.05) is 0 Å². The van der Waals surface area contributed by atoms with Crippen LogP contribution in [0.25, 0.3) is 0 Å². The molecule has 0 bridgehead atoms. The summed E-state index contributed by atoms with van der Waals surface area (Å²) in [7, 11) is 0. The highest BCUT2D eigenvalue weighted by atomic mass is 79.9. The van der Waals surface area contributed by atoms with Crippen molar-refractivity contribution >= 4 is 22.8 Å². The third kappa shape index (κ3) is 5.30. The molecule has 0 saturated heterocycles. The molecule has 1 nitrogen and oxygen atoms in total. The van der Waals surface area contributed by atoms with Crippen LogP contribution < -0.4 is 0 Å². The largest absolute Gasteiger partial charge is 0.436 e. The number of halogens is 1. The Morgan fingerprint density at radius 1 is 1.30 bits per heavy atom. The van der Waals surface area contributed by atoms with E-state index in [1.165, 1.54) is 0 Å². The van der Waals surface area contributed by atoms with Gasteiger partial charge >= 0.3 is 0 Å². The van der Waals surface area contributed by atoms with E-state index in [0.29, 0.717) is 6.92 Å². The van der Waals surface area contributed by atoms with Crippen molar-refractivity contribution in [1.29, 1.82) is 0 Å². The van der Waals surface area contributed by atoms with E-state index >= 15 is 0 Å². The first-order chi connectivity index (χ1) is 4.85. The van der Waals surface area contributed by atoms with Crippen molar-refractivity contribution < 1.29 is 4.65 Å². The Hall–Kier alpha value is 0.505. The zero-order chi connectivity index (χ0) is 7.82. The molecule has 10 heavy (non-hydrogen) atoms. The Kier molecular flexibility index (Phi) is 7.99. The number of alkyl halides is 1. The second kappa shape index (κ2) is 7.61. The molecule has 0 amide bonds. The zero-order valence-electron chi connectivity index (χ0n) is 6.90. The van der Waals surface area contributed by atoms with Crippen LogP contribution in [0.2, 0.25) is 12.6 Å². The van der Waals surface area contributed by atoms with Gasteiger partial charge < -0.3 is 4.65 Å². The molecule has 0 atom stereocenters. The Morgan fingerprint density at radius 2 is 1.90 bits per heavy atom. The molecule has 0 rings (SSSR count). The van der Waals surface area contributed by atoms with Crippen molar-refractivity contribution in [3.8, 4) is 0 Å². The lowest BCUT2D eigenvalue weighted by Crippen LogP contribution is -2.15. The van der Waals surface area contributed by atoms with Crippen molar-refractivity contribution in [2.75, 3.05) is 11.9 Å². The van der Waals surface area contributed by atoms with E-state index in [-0.39, 0.29) is 0 Å². The lowest BCUT2D eigenvalue weighted by molar-refractivity contribution is 0.321. The third-order valence-corrected chi connectivity index (χ3v) is 2.10. The smallest absolute Gasteiger partial charge is 0.292 e. The van der Waals surface area contributed by atoms with E-state index in [2.05, 4.69) is 29.8 Å². The van der Waals surface area contributed by atoms with Gasteiger partial charge in [-0.25, -0.2) is 0 Å². The Balaban J connectivity index is 3.09. The second-order valence-corrected chi connectivity index (χ2v) is 3.14. The Morgan fingerprint density at radius 3 is 2.30 bits per heavy atom. The average molecular weight is 207 g/mol. The zero-order valence-corrected chi connectivity index (χ0v) is 8.49. The number of hydrogen-bond acceptors (Lipinski definition) is 1. The van der Waals surface area contributed by atoms with Gasteiger partial charge in [-0.05, 0) is 6.42 Å². The SMILES string of the molecule is CCB(CC)OCCCBr. The quantitative estimate of drug-likeness (QED) is 0.369. The fraction of sp³-hybridized carbons (Fsp3) is 1.00. The van der Waals surface area contributed by atoms with Crippen LogP contribution in [0, 0.1) is 0 Å². The molecule has 0 aromatic carbocycles. The molecule has 0 N–H and O–H groups in total. The molecule has 0 aliphatic heterocycles. The van der Waals surface area contributed by atoms with Crippen LogP contribution in [0.1, 0.15) is 20.3 Å². The van der Waals surface area contributed by atoms with Crippen LogP contribution >= 0.6 is 15.9 Å². The summed E-state index contributed by atoms with van der Waals surface area (Å²) >= 11 is 3.36. The maximum atomic E-state index is 5.55. The first-order valence-corrected chi connectivity index (χ1v) is 5.14. The summed E-state index contributed by atoms with van der Waals surface area (Å²) in [5.41, 5.74) is 0. The summed E-state index contributed by atoms with van der Waals surface area (Å²) in [4.78, 5) is 0. The average Bonchev–Trinajstić information content (AvgIpc) is 1.99. The van der Waals surface area contributed by atoms with Crippen LogP contribution in [0.5, 0.6) is 0 Å². The minimum Gasteiger partial charge on any atom is -0.436 e. The van der Waals surface area contributed by atoms with Crippen LogP contribution in [-0.2, 0) is 4.65 Å². The van der Waals surface area contributed by atoms with Gasteiger partial charge in [0, 0.05) is 11.9 Å². The molecule has 0 aliphatic rings. The highest BCUT2D eigenvalue weighted by Gasteiger charge is 2.07. The minimum absolute atomic E-state index is 0.485. The van der Waals surface area contributed by atoms with Gasteiger partial charge in [0.15, 0.2) is 0 Å². The summed E-state index contributed by atoms with van der Waals surface area (Å²) < 4.78 is 5.55. The molecule has 0 unspecified atom stereocenters. The maximum absolute atomic E-state index is 5.55. The van der Waals surface area contributed by atoms with Crippen LogP contribution in [0.15, 0.2) is 0 Å². The van der Waals surface area contributed by atoms with Gasteiger partial charge in [-0.1, -0.05) is 42.4 Å². The summed E-state index contributed by atoms with van der Waals surface area (Å²) in [5, 5.41) is 1.05. The second-order valence-electron chi connectivity index (χ2n) is 2.35. The Labute approximate surface area is 72.8 Å². The minimum atomic E-state index is 0.485. The first-order valence-electron chi connectivity index (χ1n) is 4.02. The van der Waals surface area contributed by atoms with Crippen molar-refractivity contribution in [3.05, 3.63) is 0 Å². The summed E-state index contributed by atoms with van der Waals surface area (Å²) in [6, 6.07) is 0. The van der Waals surface area contributed by atoms with Gasteiger partial charge in [0.25, 0.3) is 6.92 Å². The summed E-state index contributed by atoms with van der Waals surface area (Å²) in [5.74, 6) is 0. The fourth-order valence-electron chi connectivity index (χ4n) is 0.829. The summed E-state index contributed by atoms with van der Waals surface area (Å²) in [6.45, 7) is 5.72. The monoisotopic (exact) mass is 206 g/mol. The van der Waals surface area contributed by atoms with Gasteiger partial charge in [0.2, 0.25) is 0 Å². The van der Waals surface area contributed by atoms with Crippen molar-refractivity contribution in [2.45, 2.75) is 32.9 Å². The van der Waals surface area contributed by atoms with Crippen molar-refractivity contribution in [3.63, 3.8) is 0 Å². The van der Waals surface area contributed by atoms with E-state index in [0.717, 1.165) is 31.0 Å². The summed E-state index contributed by atoms with van der Waals surface area (Å²) in [6.07, 6.45) is 3.40. The van der Waals surface area contributed by atoms with E-state index in [9.17, 15) is 0 Å². The van der Waals surface area contributed by atoms with Gasteiger partial charge in [0.1, 0.15) is 0 Å². The molecular formula is C7H16BBrO. The van der Waals surface area contributed by atoms with Crippen LogP contribution in [0.4, 0.5) is 0 Å². The molecule has 60 valence electrons.